The Labute approximate surface area is 167 Å². The van der Waals surface area contributed by atoms with Gasteiger partial charge in [0.15, 0.2) is 0 Å². The minimum Gasteiger partial charge on any atom is -0.508 e. The molecule has 0 aliphatic carbocycles. The third-order valence-electron chi connectivity index (χ3n) is 3.94. The van der Waals surface area contributed by atoms with E-state index in [-0.39, 0.29) is 30.5 Å². The maximum absolute atomic E-state index is 12.6. The molecule has 138 valence electrons. The molecule has 1 fully saturated rings. The van der Waals surface area contributed by atoms with Crippen molar-refractivity contribution in [1.29, 1.82) is 0 Å². The number of hydrogen-bond donors (Lipinski definition) is 2. The molecular formula is C20H18N2O3S2. The molecule has 0 saturated carbocycles. The van der Waals surface area contributed by atoms with Crippen molar-refractivity contribution in [2.45, 2.75) is 13.0 Å². The molecule has 0 atom stereocenters. The fourth-order valence-corrected chi connectivity index (χ4v) is 3.87. The molecule has 1 aliphatic heterocycles. The second kappa shape index (κ2) is 8.83. The Morgan fingerprint density at radius 1 is 1.19 bits per heavy atom. The molecular weight excluding hydrogens is 380 g/mol. The number of amides is 2. The lowest BCUT2D eigenvalue weighted by Crippen LogP contribution is -2.33. The topological polar surface area (TPSA) is 69.6 Å². The van der Waals surface area contributed by atoms with E-state index in [1.54, 1.807) is 30.3 Å². The number of thioether (sulfide) groups is 1. The third kappa shape index (κ3) is 5.18. The fraction of sp³-hybridized carbons (Fsp3) is 0.150. The van der Waals surface area contributed by atoms with Gasteiger partial charge in [-0.25, -0.2) is 0 Å². The highest BCUT2D eigenvalue weighted by atomic mass is 32.2. The van der Waals surface area contributed by atoms with Crippen LogP contribution in [0, 0.1) is 0 Å². The molecule has 1 heterocycles. The SMILES string of the molecule is O=C(CCN1C(=O)/C(=C/c2cccc(O)c2)SC1=S)NCc1ccccc1. The highest BCUT2D eigenvalue weighted by Gasteiger charge is 2.32. The number of rotatable bonds is 6. The van der Waals surface area contributed by atoms with Crippen LogP contribution in [0.2, 0.25) is 0 Å². The Hall–Kier alpha value is -2.64. The number of nitrogens with zero attached hydrogens (tertiary/aromatic N) is 1. The van der Waals surface area contributed by atoms with Gasteiger partial charge in [0.2, 0.25) is 5.91 Å². The van der Waals surface area contributed by atoms with Crippen molar-refractivity contribution in [2.24, 2.45) is 0 Å². The molecule has 0 spiro atoms. The van der Waals surface area contributed by atoms with Crippen LogP contribution < -0.4 is 5.32 Å². The van der Waals surface area contributed by atoms with Crippen LogP contribution in [0.15, 0.2) is 59.5 Å². The summed E-state index contributed by atoms with van der Waals surface area (Å²) < 4.78 is 0.433. The zero-order valence-electron chi connectivity index (χ0n) is 14.4. The van der Waals surface area contributed by atoms with Crippen molar-refractivity contribution < 1.29 is 14.7 Å². The number of nitrogens with one attached hydrogen (secondary N) is 1. The predicted molar refractivity (Wildman–Crippen MR) is 111 cm³/mol. The number of thiocarbonyl (C=S) groups is 1. The van der Waals surface area contributed by atoms with Crippen LogP contribution in [-0.4, -0.2) is 32.7 Å². The van der Waals surface area contributed by atoms with Gasteiger partial charge in [-0.2, -0.15) is 0 Å². The van der Waals surface area contributed by atoms with Crippen molar-refractivity contribution >= 4 is 46.2 Å². The van der Waals surface area contributed by atoms with Crippen LogP contribution in [0.5, 0.6) is 5.75 Å². The molecule has 2 aromatic rings. The van der Waals surface area contributed by atoms with Gasteiger partial charge in [0, 0.05) is 19.5 Å². The molecule has 0 radical (unpaired) electrons. The number of carbonyl (C=O) groups excluding carboxylic acids is 2. The summed E-state index contributed by atoms with van der Waals surface area (Å²) in [5, 5.41) is 12.4. The minimum absolute atomic E-state index is 0.134. The lowest BCUT2D eigenvalue weighted by molar-refractivity contribution is -0.123. The molecule has 2 amide bonds. The zero-order valence-corrected chi connectivity index (χ0v) is 16.1. The molecule has 1 aliphatic rings. The Morgan fingerprint density at radius 3 is 2.70 bits per heavy atom. The Morgan fingerprint density at radius 2 is 1.96 bits per heavy atom. The summed E-state index contributed by atoms with van der Waals surface area (Å²) in [6, 6.07) is 16.3. The van der Waals surface area contributed by atoms with Crippen molar-refractivity contribution in [3.8, 4) is 5.75 Å². The van der Waals surface area contributed by atoms with Gasteiger partial charge < -0.3 is 10.4 Å². The number of carbonyl (C=O) groups is 2. The second-order valence-corrected chi connectivity index (χ2v) is 7.62. The van der Waals surface area contributed by atoms with Crippen LogP contribution in [0.25, 0.3) is 6.08 Å². The first-order chi connectivity index (χ1) is 13.0. The van der Waals surface area contributed by atoms with Crippen molar-refractivity contribution in [3.05, 3.63) is 70.6 Å². The van der Waals surface area contributed by atoms with E-state index in [1.165, 1.54) is 16.7 Å². The quantitative estimate of drug-likeness (QED) is 0.577. The molecule has 2 aromatic carbocycles. The molecule has 3 rings (SSSR count). The lowest BCUT2D eigenvalue weighted by atomic mass is 10.2. The zero-order chi connectivity index (χ0) is 19.2. The van der Waals surface area contributed by atoms with E-state index < -0.39 is 0 Å². The standard InChI is InChI=1S/C20H18N2O3S2/c23-16-8-4-7-15(11-16)12-17-19(25)22(20(26)27-17)10-9-18(24)21-13-14-5-2-1-3-6-14/h1-8,11-12,23H,9-10,13H2,(H,21,24)/b17-12-. The lowest BCUT2D eigenvalue weighted by Gasteiger charge is -2.14. The summed E-state index contributed by atoms with van der Waals surface area (Å²) in [5.41, 5.74) is 1.74. The molecule has 7 heteroatoms. The average molecular weight is 399 g/mol. The van der Waals surface area contributed by atoms with Gasteiger partial charge in [-0.1, -0.05) is 66.4 Å². The summed E-state index contributed by atoms with van der Waals surface area (Å²) in [6.07, 6.45) is 1.87. The molecule has 0 unspecified atom stereocenters. The van der Waals surface area contributed by atoms with Crippen LogP contribution in [0.3, 0.4) is 0 Å². The van der Waals surface area contributed by atoms with Gasteiger partial charge in [-0.3, -0.25) is 14.5 Å². The monoisotopic (exact) mass is 398 g/mol. The fourth-order valence-electron chi connectivity index (χ4n) is 2.56. The summed E-state index contributed by atoms with van der Waals surface area (Å²) in [6.45, 7) is 0.693. The Balaban J connectivity index is 1.55. The van der Waals surface area contributed by atoms with E-state index in [9.17, 15) is 14.7 Å². The first-order valence-electron chi connectivity index (χ1n) is 8.38. The van der Waals surface area contributed by atoms with Crippen LogP contribution in [0.4, 0.5) is 0 Å². The molecule has 0 aromatic heterocycles. The smallest absolute Gasteiger partial charge is 0.266 e. The van der Waals surface area contributed by atoms with Crippen LogP contribution >= 0.6 is 24.0 Å². The third-order valence-corrected chi connectivity index (χ3v) is 5.31. The second-order valence-electron chi connectivity index (χ2n) is 5.94. The molecule has 1 saturated heterocycles. The largest absolute Gasteiger partial charge is 0.508 e. The maximum atomic E-state index is 12.6. The summed E-state index contributed by atoms with van der Waals surface area (Å²) >= 11 is 6.48. The molecule has 0 bridgehead atoms. The molecule has 5 nitrogen and oxygen atoms in total. The number of aromatic hydroxyl groups is 1. The normalized spacial score (nSPS) is 15.4. The molecule has 2 N–H and O–H groups in total. The van der Waals surface area contributed by atoms with E-state index in [0.29, 0.717) is 15.8 Å². The van der Waals surface area contributed by atoms with Crippen molar-refractivity contribution in [3.63, 3.8) is 0 Å². The minimum atomic E-state index is -0.218. The number of phenols is 1. The van der Waals surface area contributed by atoms with Gasteiger partial charge in [-0.15, -0.1) is 0 Å². The predicted octanol–water partition coefficient (Wildman–Crippen LogP) is 3.30. The number of phenolic OH excluding ortho intramolecular Hbond substituents is 1. The average Bonchev–Trinajstić information content (AvgIpc) is 2.92. The molecule has 27 heavy (non-hydrogen) atoms. The van der Waals surface area contributed by atoms with Gasteiger partial charge >= 0.3 is 0 Å². The number of benzene rings is 2. The van der Waals surface area contributed by atoms with Crippen LogP contribution in [0.1, 0.15) is 17.5 Å². The first kappa shape index (κ1) is 19.1. The van der Waals surface area contributed by atoms with E-state index in [1.807, 2.05) is 30.3 Å². The summed E-state index contributed by atoms with van der Waals surface area (Å²) in [7, 11) is 0. The van der Waals surface area contributed by atoms with E-state index in [4.69, 9.17) is 12.2 Å². The van der Waals surface area contributed by atoms with Gasteiger partial charge in [0.1, 0.15) is 10.1 Å². The van der Waals surface area contributed by atoms with Crippen molar-refractivity contribution in [2.75, 3.05) is 6.54 Å². The van der Waals surface area contributed by atoms with Gasteiger partial charge in [0.25, 0.3) is 5.91 Å². The first-order valence-corrected chi connectivity index (χ1v) is 9.60. The Kier molecular flexibility index (Phi) is 6.26. The number of hydrogen-bond acceptors (Lipinski definition) is 5. The van der Waals surface area contributed by atoms with E-state index in [2.05, 4.69) is 5.32 Å². The summed E-state index contributed by atoms with van der Waals surface area (Å²) in [5.74, 6) is -0.219. The van der Waals surface area contributed by atoms with Gasteiger partial charge in [0.05, 0.1) is 4.91 Å². The van der Waals surface area contributed by atoms with Crippen LogP contribution in [-0.2, 0) is 16.1 Å². The summed E-state index contributed by atoms with van der Waals surface area (Å²) in [4.78, 5) is 26.5. The van der Waals surface area contributed by atoms with E-state index >= 15 is 0 Å². The van der Waals surface area contributed by atoms with E-state index in [0.717, 1.165) is 11.1 Å². The highest BCUT2D eigenvalue weighted by Crippen LogP contribution is 2.32. The highest BCUT2D eigenvalue weighted by molar-refractivity contribution is 8.26. The maximum Gasteiger partial charge on any atom is 0.266 e. The Bertz CT molecular complexity index is 897. The van der Waals surface area contributed by atoms with Gasteiger partial charge in [-0.05, 0) is 29.3 Å². The van der Waals surface area contributed by atoms with Crippen molar-refractivity contribution in [1.82, 2.24) is 10.2 Å².